The van der Waals surface area contributed by atoms with Crippen LogP contribution >= 0.6 is 12.6 Å². The molecule has 1 saturated carbocycles. The third-order valence-corrected chi connectivity index (χ3v) is 4.53. The van der Waals surface area contributed by atoms with Crippen molar-refractivity contribution in [2.75, 3.05) is 12.4 Å². The first-order valence-electron chi connectivity index (χ1n) is 6.62. The van der Waals surface area contributed by atoms with Crippen molar-refractivity contribution < 1.29 is 9.13 Å². The van der Waals surface area contributed by atoms with Crippen molar-refractivity contribution in [2.24, 2.45) is 5.41 Å². The van der Waals surface area contributed by atoms with Gasteiger partial charge in [-0.1, -0.05) is 19.3 Å². The molecule has 0 amide bonds. The number of thiol groups is 1. The number of nitrogens with zero attached hydrogens (tertiary/aromatic N) is 1. The van der Waals surface area contributed by atoms with E-state index in [9.17, 15) is 4.39 Å². The summed E-state index contributed by atoms with van der Waals surface area (Å²) in [6.45, 7) is 0.571. The molecule has 0 N–H and O–H groups in total. The molecule has 0 saturated heterocycles. The fraction of sp³-hybridized carbons (Fsp3) is 0.533. The number of hydrogen-bond acceptors (Lipinski definition) is 3. The summed E-state index contributed by atoms with van der Waals surface area (Å²) in [7, 11) is 0. The predicted octanol–water partition coefficient (Wildman–Crippen LogP) is 3.96. The number of rotatable bonds is 4. The molecule has 0 radical (unpaired) electrons. The molecule has 4 heteroatoms. The predicted molar refractivity (Wildman–Crippen MR) is 76.0 cm³/mol. The lowest BCUT2D eigenvalue weighted by molar-refractivity contribution is 0.121. The monoisotopic (exact) mass is 279 g/mol. The third-order valence-electron chi connectivity index (χ3n) is 3.86. The quantitative estimate of drug-likeness (QED) is 0.846. The van der Waals surface area contributed by atoms with E-state index in [1.165, 1.54) is 31.4 Å². The summed E-state index contributed by atoms with van der Waals surface area (Å²) >= 11 is 4.45. The van der Waals surface area contributed by atoms with Crippen molar-refractivity contribution in [3.05, 3.63) is 29.6 Å². The zero-order valence-corrected chi connectivity index (χ0v) is 11.8. The van der Waals surface area contributed by atoms with E-state index in [0.717, 1.165) is 18.6 Å². The second kappa shape index (κ2) is 6.29. The van der Waals surface area contributed by atoms with Crippen LogP contribution in [0, 0.1) is 22.6 Å². The molecular weight excluding hydrogens is 261 g/mol. The van der Waals surface area contributed by atoms with E-state index >= 15 is 0 Å². The van der Waals surface area contributed by atoms with Gasteiger partial charge in [0.15, 0.2) is 0 Å². The first-order valence-corrected chi connectivity index (χ1v) is 7.26. The van der Waals surface area contributed by atoms with E-state index in [4.69, 9.17) is 10.00 Å². The maximum Gasteiger partial charge on any atom is 0.144 e. The van der Waals surface area contributed by atoms with Gasteiger partial charge in [0.05, 0.1) is 12.2 Å². The minimum atomic E-state index is -0.524. The highest BCUT2D eigenvalue weighted by molar-refractivity contribution is 7.80. The molecule has 0 aliphatic heterocycles. The lowest BCUT2D eigenvalue weighted by Gasteiger charge is -2.35. The second-order valence-electron chi connectivity index (χ2n) is 5.26. The maximum atomic E-state index is 13.5. The molecule has 1 aromatic rings. The topological polar surface area (TPSA) is 33.0 Å². The van der Waals surface area contributed by atoms with Gasteiger partial charge >= 0.3 is 0 Å². The molecule has 102 valence electrons. The van der Waals surface area contributed by atoms with E-state index in [0.29, 0.717) is 12.4 Å². The molecule has 19 heavy (non-hydrogen) atoms. The molecule has 0 atom stereocenters. The van der Waals surface area contributed by atoms with Crippen LogP contribution in [0.2, 0.25) is 0 Å². The Kier molecular flexibility index (Phi) is 4.71. The van der Waals surface area contributed by atoms with Crippen LogP contribution in [0.15, 0.2) is 18.2 Å². The van der Waals surface area contributed by atoms with Gasteiger partial charge in [-0.05, 0) is 30.7 Å². The lowest BCUT2D eigenvalue weighted by Crippen LogP contribution is -2.33. The van der Waals surface area contributed by atoms with Crippen LogP contribution in [0.25, 0.3) is 0 Å². The Morgan fingerprint density at radius 2 is 2.05 bits per heavy atom. The molecule has 1 aromatic carbocycles. The molecule has 0 bridgehead atoms. The van der Waals surface area contributed by atoms with E-state index < -0.39 is 5.82 Å². The van der Waals surface area contributed by atoms with E-state index in [1.807, 2.05) is 0 Å². The molecule has 0 unspecified atom stereocenters. The zero-order chi connectivity index (χ0) is 13.7. The van der Waals surface area contributed by atoms with Gasteiger partial charge in [0.25, 0.3) is 0 Å². The van der Waals surface area contributed by atoms with Crippen LogP contribution in [-0.4, -0.2) is 12.4 Å². The number of benzene rings is 1. The second-order valence-corrected chi connectivity index (χ2v) is 5.58. The Hall–Kier alpha value is -1.21. The third kappa shape index (κ3) is 3.42. The average Bonchev–Trinajstić information content (AvgIpc) is 2.46. The Labute approximate surface area is 119 Å². The summed E-state index contributed by atoms with van der Waals surface area (Å²) in [5.74, 6) is 0.762. The van der Waals surface area contributed by atoms with Crippen molar-refractivity contribution in [1.29, 1.82) is 5.26 Å². The van der Waals surface area contributed by atoms with Gasteiger partial charge < -0.3 is 4.74 Å². The van der Waals surface area contributed by atoms with Crippen molar-refractivity contribution in [3.63, 3.8) is 0 Å². The van der Waals surface area contributed by atoms with Crippen molar-refractivity contribution in [2.45, 2.75) is 32.1 Å². The molecule has 1 aliphatic carbocycles. The number of nitriles is 1. The summed E-state index contributed by atoms with van der Waals surface area (Å²) < 4.78 is 19.2. The zero-order valence-electron chi connectivity index (χ0n) is 10.9. The van der Waals surface area contributed by atoms with Crippen LogP contribution in [0.5, 0.6) is 5.75 Å². The molecule has 2 rings (SSSR count). The minimum absolute atomic E-state index is 0.0499. The maximum absolute atomic E-state index is 13.5. The van der Waals surface area contributed by atoms with Crippen molar-refractivity contribution in [3.8, 4) is 11.8 Å². The van der Waals surface area contributed by atoms with E-state index in [-0.39, 0.29) is 11.0 Å². The Morgan fingerprint density at radius 3 is 2.63 bits per heavy atom. The van der Waals surface area contributed by atoms with Crippen LogP contribution in [0.1, 0.15) is 37.7 Å². The van der Waals surface area contributed by atoms with E-state index in [1.54, 1.807) is 12.1 Å². The molecule has 1 fully saturated rings. The van der Waals surface area contributed by atoms with Gasteiger partial charge in [0.1, 0.15) is 17.6 Å². The van der Waals surface area contributed by atoms with Crippen LogP contribution in [0.3, 0.4) is 0 Å². The van der Waals surface area contributed by atoms with Crippen LogP contribution in [-0.2, 0) is 0 Å². The minimum Gasteiger partial charge on any atom is -0.493 e. The Morgan fingerprint density at radius 1 is 1.32 bits per heavy atom. The fourth-order valence-corrected chi connectivity index (χ4v) is 2.97. The van der Waals surface area contributed by atoms with Gasteiger partial charge in [0, 0.05) is 11.5 Å². The number of ether oxygens (including phenoxy) is 1. The highest BCUT2D eigenvalue weighted by Gasteiger charge is 2.31. The normalized spacial score (nSPS) is 17.7. The largest absolute Gasteiger partial charge is 0.493 e. The molecule has 2 nitrogen and oxygen atoms in total. The number of hydrogen-bond donors (Lipinski definition) is 1. The van der Waals surface area contributed by atoms with Gasteiger partial charge in [-0.25, -0.2) is 4.39 Å². The van der Waals surface area contributed by atoms with Gasteiger partial charge in [-0.15, -0.1) is 0 Å². The summed E-state index contributed by atoms with van der Waals surface area (Å²) in [5.41, 5.74) is 0.167. The SMILES string of the molecule is N#Cc1ccc(OCC2(CS)CCCCC2)cc1F. The standard InChI is InChI=1S/C15H18FNOS/c16-14-8-13(5-4-12(14)9-17)18-10-15(11-19)6-2-1-3-7-15/h4-5,8,19H,1-3,6-7,10-11H2. The van der Waals surface area contributed by atoms with Crippen molar-refractivity contribution in [1.82, 2.24) is 0 Å². The molecule has 0 spiro atoms. The summed E-state index contributed by atoms with van der Waals surface area (Å²) in [6.07, 6.45) is 5.95. The van der Waals surface area contributed by atoms with Crippen molar-refractivity contribution >= 4 is 12.6 Å². The highest BCUT2D eigenvalue weighted by Crippen LogP contribution is 2.37. The summed E-state index contributed by atoms with van der Waals surface area (Å²) in [6, 6.07) is 6.20. The molecular formula is C15H18FNOS. The Balaban J connectivity index is 2.01. The van der Waals surface area contributed by atoms with E-state index in [2.05, 4.69) is 12.6 Å². The van der Waals surface area contributed by atoms with Crippen LogP contribution in [0.4, 0.5) is 4.39 Å². The Bertz CT molecular complexity index is 478. The first-order chi connectivity index (χ1) is 9.19. The molecule has 0 heterocycles. The first kappa shape index (κ1) is 14.2. The van der Waals surface area contributed by atoms with Gasteiger partial charge in [-0.3, -0.25) is 0 Å². The fourth-order valence-electron chi connectivity index (χ4n) is 2.56. The molecule has 1 aliphatic rings. The smallest absolute Gasteiger partial charge is 0.144 e. The lowest BCUT2D eigenvalue weighted by atomic mass is 9.76. The molecule has 0 aromatic heterocycles. The van der Waals surface area contributed by atoms with Gasteiger partial charge in [0.2, 0.25) is 0 Å². The summed E-state index contributed by atoms with van der Waals surface area (Å²) in [4.78, 5) is 0. The summed E-state index contributed by atoms with van der Waals surface area (Å²) in [5, 5.41) is 8.68. The number of halogens is 1. The highest BCUT2D eigenvalue weighted by atomic mass is 32.1. The van der Waals surface area contributed by atoms with Gasteiger partial charge in [-0.2, -0.15) is 17.9 Å². The average molecular weight is 279 g/mol. The van der Waals surface area contributed by atoms with Crippen LogP contribution < -0.4 is 4.74 Å².